The first-order valence-electron chi connectivity index (χ1n) is 6.58. The summed E-state index contributed by atoms with van der Waals surface area (Å²) >= 11 is 0. The topological polar surface area (TPSA) is 69.7 Å². The van der Waals surface area contributed by atoms with Crippen LogP contribution in [0, 0.1) is 0 Å². The molecular formula is C13H24O5S. The highest BCUT2D eigenvalue weighted by molar-refractivity contribution is 7.86. The van der Waals surface area contributed by atoms with Crippen LogP contribution >= 0.6 is 0 Å². The van der Waals surface area contributed by atoms with Crippen molar-refractivity contribution in [3.63, 3.8) is 0 Å². The molecule has 0 amide bonds. The lowest BCUT2D eigenvalue weighted by Crippen LogP contribution is -2.12. The molecule has 0 aromatic carbocycles. The van der Waals surface area contributed by atoms with Crippen LogP contribution in [0.25, 0.3) is 0 Å². The monoisotopic (exact) mass is 292 g/mol. The van der Waals surface area contributed by atoms with Gasteiger partial charge in [-0.25, -0.2) is 4.79 Å². The SMILES string of the molecule is C=C(C)C(=O)OCCCCOS(=O)(=O)CCCCC. The largest absolute Gasteiger partial charge is 0.462 e. The molecule has 5 nitrogen and oxygen atoms in total. The Hall–Kier alpha value is -0.880. The lowest BCUT2D eigenvalue weighted by molar-refractivity contribution is -0.139. The third-order valence-electron chi connectivity index (χ3n) is 2.38. The summed E-state index contributed by atoms with van der Waals surface area (Å²) in [7, 11) is -3.39. The molecule has 0 atom stereocenters. The van der Waals surface area contributed by atoms with Crippen molar-refractivity contribution in [2.45, 2.75) is 46.0 Å². The predicted octanol–water partition coefficient (Wildman–Crippen LogP) is 2.42. The predicted molar refractivity (Wildman–Crippen MR) is 74.3 cm³/mol. The highest BCUT2D eigenvalue weighted by Crippen LogP contribution is 2.03. The highest BCUT2D eigenvalue weighted by atomic mass is 32.2. The average molecular weight is 292 g/mol. The van der Waals surface area contributed by atoms with E-state index in [2.05, 4.69) is 6.58 Å². The molecule has 0 radical (unpaired) electrons. The van der Waals surface area contributed by atoms with E-state index in [1.165, 1.54) is 0 Å². The van der Waals surface area contributed by atoms with Crippen molar-refractivity contribution in [3.8, 4) is 0 Å². The molecule has 0 saturated carbocycles. The molecule has 0 aliphatic heterocycles. The summed E-state index contributed by atoms with van der Waals surface area (Å²) in [6.45, 7) is 7.44. The maximum atomic E-state index is 11.4. The Balaban J connectivity index is 3.58. The molecule has 0 bridgehead atoms. The summed E-state index contributed by atoms with van der Waals surface area (Å²) in [6.07, 6.45) is 3.61. The summed E-state index contributed by atoms with van der Waals surface area (Å²) in [6, 6.07) is 0. The van der Waals surface area contributed by atoms with Crippen molar-refractivity contribution in [2.75, 3.05) is 19.0 Å². The van der Waals surface area contributed by atoms with Crippen LogP contribution in [0.3, 0.4) is 0 Å². The van der Waals surface area contributed by atoms with Crippen molar-refractivity contribution in [1.82, 2.24) is 0 Å². The van der Waals surface area contributed by atoms with Gasteiger partial charge in [0, 0.05) is 5.57 Å². The summed E-state index contributed by atoms with van der Waals surface area (Å²) in [5, 5.41) is 0. The minimum Gasteiger partial charge on any atom is -0.462 e. The van der Waals surface area contributed by atoms with Gasteiger partial charge in [-0.05, 0) is 26.2 Å². The first-order valence-corrected chi connectivity index (χ1v) is 8.16. The zero-order chi connectivity index (χ0) is 14.7. The van der Waals surface area contributed by atoms with Crippen molar-refractivity contribution in [2.24, 2.45) is 0 Å². The fourth-order valence-corrected chi connectivity index (χ4v) is 2.31. The third kappa shape index (κ3) is 10.7. The second-order valence-corrected chi connectivity index (χ2v) is 6.17. The van der Waals surface area contributed by atoms with Gasteiger partial charge in [0.1, 0.15) is 0 Å². The Morgan fingerprint density at radius 3 is 2.32 bits per heavy atom. The fraction of sp³-hybridized carbons (Fsp3) is 0.769. The second-order valence-electron chi connectivity index (χ2n) is 4.41. The highest BCUT2D eigenvalue weighted by Gasteiger charge is 2.10. The summed E-state index contributed by atoms with van der Waals surface area (Å²) in [4.78, 5) is 11.0. The first-order chi connectivity index (χ1) is 8.89. The molecule has 0 spiro atoms. The van der Waals surface area contributed by atoms with Crippen LogP contribution in [0.1, 0.15) is 46.0 Å². The summed E-state index contributed by atoms with van der Waals surface area (Å²) in [5.74, 6) is -0.348. The van der Waals surface area contributed by atoms with E-state index in [0.29, 0.717) is 24.8 Å². The van der Waals surface area contributed by atoms with E-state index in [-0.39, 0.29) is 19.0 Å². The maximum absolute atomic E-state index is 11.4. The van der Waals surface area contributed by atoms with Gasteiger partial charge >= 0.3 is 5.97 Å². The van der Waals surface area contributed by atoms with Gasteiger partial charge in [0.25, 0.3) is 10.1 Å². The molecule has 0 unspecified atom stereocenters. The van der Waals surface area contributed by atoms with Crippen molar-refractivity contribution < 1.29 is 22.1 Å². The Kier molecular flexibility index (Phi) is 9.51. The molecule has 0 rings (SSSR count). The van der Waals surface area contributed by atoms with E-state index < -0.39 is 16.1 Å². The lowest BCUT2D eigenvalue weighted by atomic mass is 10.3. The Morgan fingerprint density at radius 1 is 1.11 bits per heavy atom. The fourth-order valence-electron chi connectivity index (χ4n) is 1.27. The number of carbonyl (C=O) groups is 1. The number of rotatable bonds is 11. The van der Waals surface area contributed by atoms with E-state index >= 15 is 0 Å². The minimum absolute atomic E-state index is 0.0749. The Morgan fingerprint density at radius 2 is 1.74 bits per heavy atom. The van der Waals surface area contributed by atoms with Crippen molar-refractivity contribution in [1.29, 1.82) is 0 Å². The minimum atomic E-state index is -3.39. The number of carbonyl (C=O) groups excluding carboxylic acids is 1. The zero-order valence-electron chi connectivity index (χ0n) is 11.8. The molecule has 0 aromatic heterocycles. The van der Waals surface area contributed by atoms with Gasteiger partial charge < -0.3 is 4.74 Å². The van der Waals surface area contributed by atoms with Crippen LogP contribution in [0.4, 0.5) is 0 Å². The molecule has 0 saturated heterocycles. The number of ether oxygens (including phenoxy) is 1. The molecular weight excluding hydrogens is 268 g/mol. The van der Waals surface area contributed by atoms with Crippen LogP contribution < -0.4 is 0 Å². The van der Waals surface area contributed by atoms with Gasteiger partial charge in [0.05, 0.1) is 19.0 Å². The Bertz CT molecular complexity index is 372. The second kappa shape index (κ2) is 9.97. The molecule has 0 aliphatic carbocycles. The van der Waals surface area contributed by atoms with Crippen LogP contribution in [-0.4, -0.2) is 33.4 Å². The molecule has 0 N–H and O–H groups in total. The zero-order valence-corrected chi connectivity index (χ0v) is 12.6. The molecule has 6 heteroatoms. The molecule has 0 heterocycles. The standard InChI is InChI=1S/C13H24O5S/c1-4-5-8-11-19(15,16)18-10-7-6-9-17-13(14)12(2)3/h2,4-11H2,1,3H3. The number of hydrogen-bond donors (Lipinski definition) is 0. The van der Waals surface area contributed by atoms with Gasteiger partial charge in [-0.1, -0.05) is 26.3 Å². The van der Waals surface area contributed by atoms with E-state index in [4.69, 9.17) is 8.92 Å². The van der Waals surface area contributed by atoms with Gasteiger partial charge in [-0.2, -0.15) is 8.42 Å². The number of unbranched alkanes of at least 4 members (excludes halogenated alkanes) is 3. The first kappa shape index (κ1) is 18.1. The van der Waals surface area contributed by atoms with Crippen molar-refractivity contribution in [3.05, 3.63) is 12.2 Å². The van der Waals surface area contributed by atoms with Crippen LogP contribution in [-0.2, 0) is 23.8 Å². The normalized spacial score (nSPS) is 11.3. The smallest absolute Gasteiger partial charge is 0.333 e. The maximum Gasteiger partial charge on any atom is 0.333 e. The summed E-state index contributed by atoms with van der Waals surface area (Å²) < 4.78 is 32.5. The van der Waals surface area contributed by atoms with Gasteiger partial charge in [0.2, 0.25) is 0 Å². The lowest BCUT2D eigenvalue weighted by Gasteiger charge is -2.06. The van der Waals surface area contributed by atoms with Crippen molar-refractivity contribution >= 4 is 16.1 Å². The number of esters is 1. The van der Waals surface area contributed by atoms with Crippen LogP contribution in [0.2, 0.25) is 0 Å². The molecule has 0 aliphatic rings. The van der Waals surface area contributed by atoms with E-state index in [1.807, 2.05) is 6.92 Å². The Labute approximate surface area is 116 Å². The quantitative estimate of drug-likeness (QED) is 0.253. The molecule has 112 valence electrons. The van der Waals surface area contributed by atoms with E-state index in [9.17, 15) is 13.2 Å². The van der Waals surface area contributed by atoms with Gasteiger partial charge in [-0.15, -0.1) is 0 Å². The van der Waals surface area contributed by atoms with Crippen LogP contribution in [0.15, 0.2) is 12.2 Å². The van der Waals surface area contributed by atoms with E-state index in [1.54, 1.807) is 6.92 Å². The van der Waals surface area contributed by atoms with E-state index in [0.717, 1.165) is 12.8 Å². The number of hydrogen-bond acceptors (Lipinski definition) is 5. The average Bonchev–Trinajstić information content (AvgIpc) is 2.33. The van der Waals surface area contributed by atoms with Crippen LogP contribution in [0.5, 0.6) is 0 Å². The van der Waals surface area contributed by atoms with Gasteiger partial charge in [-0.3, -0.25) is 4.18 Å². The molecule has 0 fully saturated rings. The summed E-state index contributed by atoms with van der Waals surface area (Å²) in [5.41, 5.74) is 0.356. The molecule has 0 aromatic rings. The third-order valence-corrected chi connectivity index (χ3v) is 3.70. The molecule has 19 heavy (non-hydrogen) atoms. The van der Waals surface area contributed by atoms with Gasteiger partial charge in [0.15, 0.2) is 0 Å².